The Morgan fingerprint density at radius 1 is 1.56 bits per heavy atom. The molecular weight excluding hydrogens is 301 g/mol. The molecule has 3 nitrogen and oxygen atoms in total. The maximum atomic E-state index is 13.4. The summed E-state index contributed by atoms with van der Waals surface area (Å²) in [5.41, 5.74) is -0.286. The van der Waals surface area contributed by atoms with Crippen LogP contribution in [0.15, 0.2) is 18.2 Å². The number of nitrogens with one attached hydrogen (secondary N) is 1. The van der Waals surface area contributed by atoms with E-state index in [0.29, 0.717) is 12.5 Å². The predicted molar refractivity (Wildman–Crippen MR) is 72.6 cm³/mol. The van der Waals surface area contributed by atoms with E-state index in [1.54, 1.807) is 0 Å². The van der Waals surface area contributed by atoms with Gasteiger partial charge in [-0.1, -0.05) is 35.3 Å². The number of amides is 1. The molecule has 1 amide bonds. The minimum atomic E-state index is -0.707. The second-order valence-corrected chi connectivity index (χ2v) is 4.89. The van der Waals surface area contributed by atoms with Crippen LogP contribution in [0.5, 0.6) is 5.75 Å². The van der Waals surface area contributed by atoms with Crippen molar-refractivity contribution in [2.75, 3.05) is 11.9 Å². The third-order valence-corrected chi connectivity index (χ3v) is 3.32. The highest BCUT2D eigenvalue weighted by atomic mass is 79.9. The SMILES string of the molecule is CCC(CCBr)CNC(=O)c1c(O)cccc1F. The second kappa shape index (κ2) is 7.36. The van der Waals surface area contributed by atoms with E-state index in [2.05, 4.69) is 21.2 Å². The number of aromatic hydroxyl groups is 1. The lowest BCUT2D eigenvalue weighted by Crippen LogP contribution is -2.30. The molecule has 18 heavy (non-hydrogen) atoms. The van der Waals surface area contributed by atoms with E-state index in [4.69, 9.17) is 0 Å². The number of rotatable bonds is 6. The van der Waals surface area contributed by atoms with Crippen molar-refractivity contribution < 1.29 is 14.3 Å². The van der Waals surface area contributed by atoms with E-state index in [1.165, 1.54) is 12.1 Å². The van der Waals surface area contributed by atoms with Gasteiger partial charge in [0.05, 0.1) is 0 Å². The quantitative estimate of drug-likeness (QED) is 0.792. The molecule has 0 bridgehead atoms. The number of carbonyl (C=O) groups is 1. The molecule has 0 spiro atoms. The number of hydrogen-bond acceptors (Lipinski definition) is 2. The average molecular weight is 318 g/mol. The first kappa shape index (κ1) is 15.0. The Kier molecular flexibility index (Phi) is 6.12. The first-order valence-corrected chi connectivity index (χ1v) is 7.03. The van der Waals surface area contributed by atoms with Crippen molar-refractivity contribution in [1.82, 2.24) is 5.32 Å². The Morgan fingerprint density at radius 2 is 2.28 bits per heavy atom. The van der Waals surface area contributed by atoms with Gasteiger partial charge in [0.2, 0.25) is 0 Å². The van der Waals surface area contributed by atoms with Gasteiger partial charge >= 0.3 is 0 Å². The molecule has 1 atom stereocenters. The molecule has 0 saturated carbocycles. The number of alkyl halides is 1. The fraction of sp³-hybridized carbons (Fsp3) is 0.462. The van der Waals surface area contributed by atoms with E-state index in [0.717, 1.165) is 24.2 Å². The standard InChI is InChI=1S/C13H17BrFNO2/c1-2-9(6-7-14)8-16-13(18)12-10(15)4-3-5-11(12)17/h3-5,9,17H,2,6-8H2,1H3,(H,16,18). The van der Waals surface area contributed by atoms with Gasteiger partial charge in [0.1, 0.15) is 17.1 Å². The summed E-state index contributed by atoms with van der Waals surface area (Å²) in [5.74, 6) is -1.26. The molecule has 0 saturated heterocycles. The lowest BCUT2D eigenvalue weighted by atomic mass is 10.0. The van der Waals surface area contributed by atoms with Crippen molar-refractivity contribution in [3.63, 3.8) is 0 Å². The fourth-order valence-electron chi connectivity index (χ4n) is 1.67. The highest BCUT2D eigenvalue weighted by Crippen LogP contribution is 2.19. The molecule has 1 unspecified atom stereocenters. The van der Waals surface area contributed by atoms with Crippen molar-refractivity contribution in [3.8, 4) is 5.75 Å². The van der Waals surface area contributed by atoms with Crippen molar-refractivity contribution in [1.29, 1.82) is 0 Å². The van der Waals surface area contributed by atoms with Crippen molar-refractivity contribution in [2.45, 2.75) is 19.8 Å². The van der Waals surface area contributed by atoms with Gasteiger partial charge in [-0.15, -0.1) is 0 Å². The largest absolute Gasteiger partial charge is 0.507 e. The summed E-state index contributed by atoms with van der Waals surface area (Å²) >= 11 is 3.35. The normalized spacial score (nSPS) is 12.2. The van der Waals surface area contributed by atoms with Crippen LogP contribution >= 0.6 is 15.9 Å². The highest BCUT2D eigenvalue weighted by molar-refractivity contribution is 9.09. The zero-order valence-corrected chi connectivity index (χ0v) is 11.8. The van der Waals surface area contributed by atoms with Crippen LogP contribution in [0.2, 0.25) is 0 Å². The first-order valence-electron chi connectivity index (χ1n) is 5.91. The number of phenols is 1. The molecule has 0 aliphatic rings. The highest BCUT2D eigenvalue weighted by Gasteiger charge is 2.17. The molecular formula is C13H17BrFNO2. The monoisotopic (exact) mass is 317 g/mol. The second-order valence-electron chi connectivity index (χ2n) is 4.10. The maximum Gasteiger partial charge on any atom is 0.258 e. The van der Waals surface area contributed by atoms with Crippen LogP contribution in [0.1, 0.15) is 30.1 Å². The Morgan fingerprint density at radius 3 is 2.83 bits per heavy atom. The van der Waals surface area contributed by atoms with Gasteiger partial charge in [-0.05, 0) is 24.5 Å². The zero-order valence-electron chi connectivity index (χ0n) is 10.2. The molecule has 5 heteroatoms. The Hall–Kier alpha value is -1.10. The number of benzene rings is 1. The lowest BCUT2D eigenvalue weighted by molar-refractivity contribution is 0.0939. The van der Waals surface area contributed by atoms with Crippen LogP contribution in [0.4, 0.5) is 4.39 Å². The van der Waals surface area contributed by atoms with Crippen molar-refractivity contribution >= 4 is 21.8 Å². The lowest BCUT2D eigenvalue weighted by Gasteiger charge is -2.14. The summed E-state index contributed by atoms with van der Waals surface area (Å²) in [7, 11) is 0. The molecule has 0 aliphatic heterocycles. The van der Waals surface area contributed by atoms with Crippen LogP contribution in [0.3, 0.4) is 0 Å². The Labute approximate surface area is 115 Å². The number of halogens is 2. The van der Waals surface area contributed by atoms with Gasteiger partial charge in [-0.3, -0.25) is 4.79 Å². The summed E-state index contributed by atoms with van der Waals surface area (Å²) in [6.07, 6.45) is 1.88. The van der Waals surface area contributed by atoms with E-state index in [-0.39, 0.29) is 11.3 Å². The van der Waals surface area contributed by atoms with Crippen molar-refractivity contribution in [3.05, 3.63) is 29.6 Å². The Balaban J connectivity index is 2.65. The van der Waals surface area contributed by atoms with Gasteiger partial charge in [0, 0.05) is 11.9 Å². The van der Waals surface area contributed by atoms with E-state index in [1.807, 2.05) is 6.92 Å². The third kappa shape index (κ3) is 3.98. The van der Waals surface area contributed by atoms with E-state index < -0.39 is 11.7 Å². The summed E-state index contributed by atoms with van der Waals surface area (Å²) in [6, 6.07) is 3.82. The molecule has 1 aromatic carbocycles. The summed E-state index contributed by atoms with van der Waals surface area (Å²) in [4.78, 5) is 11.8. The molecule has 0 aliphatic carbocycles. The van der Waals surface area contributed by atoms with Gasteiger partial charge in [0.25, 0.3) is 5.91 Å². The molecule has 100 valence electrons. The number of phenolic OH excluding ortho intramolecular Hbond substituents is 1. The smallest absolute Gasteiger partial charge is 0.258 e. The van der Waals surface area contributed by atoms with Gasteiger partial charge < -0.3 is 10.4 Å². The molecule has 1 rings (SSSR count). The molecule has 1 aromatic rings. The minimum absolute atomic E-state index is 0.286. The van der Waals surface area contributed by atoms with Gasteiger partial charge in [0.15, 0.2) is 0 Å². The number of hydrogen-bond donors (Lipinski definition) is 2. The zero-order chi connectivity index (χ0) is 13.5. The fourth-order valence-corrected chi connectivity index (χ4v) is 2.32. The molecule has 0 aromatic heterocycles. The van der Waals surface area contributed by atoms with Crippen LogP contribution in [-0.4, -0.2) is 22.9 Å². The first-order chi connectivity index (χ1) is 8.60. The summed E-state index contributed by atoms with van der Waals surface area (Å²) < 4.78 is 13.4. The minimum Gasteiger partial charge on any atom is -0.507 e. The topological polar surface area (TPSA) is 49.3 Å². The predicted octanol–water partition coefficient (Wildman–Crippen LogP) is 3.07. The summed E-state index contributed by atoms with van der Waals surface area (Å²) in [6.45, 7) is 2.52. The number of carbonyl (C=O) groups excluding carboxylic acids is 1. The van der Waals surface area contributed by atoms with Gasteiger partial charge in [-0.2, -0.15) is 0 Å². The maximum absolute atomic E-state index is 13.4. The van der Waals surface area contributed by atoms with E-state index >= 15 is 0 Å². The summed E-state index contributed by atoms with van der Waals surface area (Å²) in [5, 5.41) is 13.0. The molecule has 0 fully saturated rings. The van der Waals surface area contributed by atoms with E-state index in [9.17, 15) is 14.3 Å². The molecule has 0 heterocycles. The van der Waals surface area contributed by atoms with Crippen LogP contribution < -0.4 is 5.32 Å². The molecule has 0 radical (unpaired) electrons. The van der Waals surface area contributed by atoms with Gasteiger partial charge in [-0.25, -0.2) is 4.39 Å². The van der Waals surface area contributed by atoms with Crippen LogP contribution in [0, 0.1) is 11.7 Å². The molecule has 2 N–H and O–H groups in total. The Bertz CT molecular complexity index is 392. The van der Waals surface area contributed by atoms with Crippen LogP contribution in [0.25, 0.3) is 0 Å². The third-order valence-electron chi connectivity index (χ3n) is 2.86. The van der Waals surface area contributed by atoms with Crippen molar-refractivity contribution in [2.24, 2.45) is 5.92 Å². The van der Waals surface area contributed by atoms with Crippen LogP contribution in [-0.2, 0) is 0 Å². The average Bonchev–Trinajstić information content (AvgIpc) is 2.34.